The Kier molecular flexibility index (Phi) is 2.06. The molecular weight excluding hydrogens is 234 g/mol. The van der Waals surface area contributed by atoms with Crippen molar-refractivity contribution in [1.82, 2.24) is 19.5 Å². The summed E-state index contributed by atoms with van der Waals surface area (Å²) in [5.74, 6) is 0.364. The average Bonchev–Trinajstić information content (AvgIpc) is 2.65. The number of nitrogen functional groups attached to an aromatic ring is 1. The first-order valence-corrected chi connectivity index (χ1v) is 5.18. The molecule has 0 fully saturated rings. The summed E-state index contributed by atoms with van der Waals surface area (Å²) in [4.78, 5) is 22.5. The second kappa shape index (κ2) is 3.59. The van der Waals surface area contributed by atoms with Gasteiger partial charge in [0.1, 0.15) is 11.6 Å². The Labute approximate surface area is 101 Å². The number of fused-ring (bicyclic) bond motifs is 1. The molecule has 4 N–H and O–H groups in total. The van der Waals surface area contributed by atoms with E-state index in [1.54, 1.807) is 12.1 Å². The molecular formula is C11H9N5O2. The number of aromatic nitrogens is 4. The number of nitrogens with two attached hydrogens (primary N) is 1. The molecule has 2 heterocycles. The van der Waals surface area contributed by atoms with Crippen LogP contribution >= 0.6 is 0 Å². The van der Waals surface area contributed by atoms with Crippen LogP contribution in [0.2, 0.25) is 0 Å². The lowest BCUT2D eigenvalue weighted by atomic mass is 10.3. The summed E-state index contributed by atoms with van der Waals surface area (Å²) < 4.78 is 1.36. The second-order valence-electron chi connectivity index (χ2n) is 3.75. The van der Waals surface area contributed by atoms with E-state index in [0.717, 1.165) is 0 Å². The Hall–Kier alpha value is -2.83. The van der Waals surface area contributed by atoms with E-state index in [9.17, 15) is 9.90 Å². The fraction of sp³-hybridized carbons (Fsp3) is 0. The highest BCUT2D eigenvalue weighted by Gasteiger charge is 2.11. The van der Waals surface area contributed by atoms with Crippen molar-refractivity contribution in [2.75, 3.05) is 5.73 Å². The standard InChI is InChI=1S/C11H9N5O2/c12-8-5-13-10-9(14-8)15-11(18)16(10)6-1-3-7(17)4-2-6/h1-5,17H,(H3,12,14,15,18). The van der Waals surface area contributed by atoms with Crippen LogP contribution in [-0.4, -0.2) is 24.6 Å². The van der Waals surface area contributed by atoms with Gasteiger partial charge in [0, 0.05) is 0 Å². The van der Waals surface area contributed by atoms with Gasteiger partial charge in [-0.05, 0) is 24.3 Å². The van der Waals surface area contributed by atoms with Gasteiger partial charge in [-0.15, -0.1) is 0 Å². The number of H-pyrrole nitrogens is 1. The zero-order chi connectivity index (χ0) is 12.7. The van der Waals surface area contributed by atoms with E-state index in [4.69, 9.17) is 5.73 Å². The molecule has 0 radical (unpaired) electrons. The summed E-state index contributed by atoms with van der Waals surface area (Å²) in [6.45, 7) is 0. The summed E-state index contributed by atoms with van der Waals surface area (Å²) in [6.07, 6.45) is 1.38. The first kappa shape index (κ1) is 10.3. The van der Waals surface area contributed by atoms with Crippen molar-refractivity contribution in [2.24, 2.45) is 0 Å². The number of phenols is 1. The SMILES string of the molecule is Nc1cnc2c(n1)[nH]c(=O)n2-c1ccc(O)cc1. The molecule has 1 aromatic carbocycles. The maximum atomic E-state index is 11.9. The van der Waals surface area contributed by atoms with Crippen LogP contribution in [0.15, 0.2) is 35.3 Å². The van der Waals surface area contributed by atoms with Crippen LogP contribution in [0, 0.1) is 0 Å². The van der Waals surface area contributed by atoms with E-state index in [1.807, 2.05) is 0 Å². The Balaban J connectivity index is 2.32. The maximum absolute atomic E-state index is 11.9. The molecule has 0 bridgehead atoms. The summed E-state index contributed by atoms with van der Waals surface area (Å²) in [5.41, 5.74) is 6.45. The van der Waals surface area contributed by atoms with Gasteiger partial charge in [0.15, 0.2) is 11.3 Å². The molecule has 2 aromatic heterocycles. The summed E-state index contributed by atoms with van der Waals surface area (Å²) in [6, 6.07) is 6.21. The van der Waals surface area contributed by atoms with Crippen LogP contribution < -0.4 is 11.4 Å². The predicted molar refractivity (Wildman–Crippen MR) is 65.6 cm³/mol. The van der Waals surface area contributed by atoms with Crippen molar-refractivity contribution in [3.8, 4) is 11.4 Å². The van der Waals surface area contributed by atoms with Crippen LogP contribution in [0.1, 0.15) is 0 Å². The maximum Gasteiger partial charge on any atom is 0.333 e. The Bertz CT molecular complexity index is 772. The third-order valence-electron chi connectivity index (χ3n) is 2.52. The zero-order valence-corrected chi connectivity index (χ0v) is 9.16. The number of hydrogen-bond acceptors (Lipinski definition) is 5. The Morgan fingerprint density at radius 3 is 2.72 bits per heavy atom. The largest absolute Gasteiger partial charge is 0.508 e. The lowest BCUT2D eigenvalue weighted by Gasteiger charge is -2.02. The zero-order valence-electron chi connectivity index (χ0n) is 9.16. The van der Waals surface area contributed by atoms with E-state index < -0.39 is 0 Å². The van der Waals surface area contributed by atoms with Gasteiger partial charge in [0.05, 0.1) is 11.9 Å². The van der Waals surface area contributed by atoms with Gasteiger partial charge < -0.3 is 10.8 Å². The predicted octanol–water partition coefficient (Wildman–Crippen LogP) is 0.397. The number of nitrogens with one attached hydrogen (secondary N) is 1. The Morgan fingerprint density at radius 1 is 1.28 bits per heavy atom. The van der Waals surface area contributed by atoms with Crippen molar-refractivity contribution in [3.63, 3.8) is 0 Å². The van der Waals surface area contributed by atoms with Crippen LogP contribution in [-0.2, 0) is 0 Å². The number of anilines is 1. The molecule has 90 valence electrons. The first-order valence-electron chi connectivity index (χ1n) is 5.18. The molecule has 0 saturated carbocycles. The lowest BCUT2D eigenvalue weighted by Crippen LogP contribution is -2.14. The van der Waals surface area contributed by atoms with Gasteiger partial charge in [-0.25, -0.2) is 19.3 Å². The van der Waals surface area contributed by atoms with Crippen LogP contribution in [0.3, 0.4) is 0 Å². The van der Waals surface area contributed by atoms with Gasteiger partial charge in [-0.2, -0.15) is 0 Å². The molecule has 3 rings (SSSR count). The van der Waals surface area contributed by atoms with E-state index in [2.05, 4.69) is 15.0 Å². The van der Waals surface area contributed by atoms with Crippen LogP contribution in [0.4, 0.5) is 5.82 Å². The van der Waals surface area contributed by atoms with Gasteiger partial charge >= 0.3 is 5.69 Å². The molecule has 0 atom stereocenters. The molecule has 0 aliphatic heterocycles. The normalized spacial score (nSPS) is 10.9. The number of nitrogens with zero attached hydrogens (tertiary/aromatic N) is 3. The highest BCUT2D eigenvalue weighted by Crippen LogP contribution is 2.15. The quantitative estimate of drug-likeness (QED) is 0.573. The van der Waals surface area contributed by atoms with E-state index in [1.165, 1.54) is 22.9 Å². The summed E-state index contributed by atoms with van der Waals surface area (Å²) in [7, 11) is 0. The number of imidazole rings is 1. The monoisotopic (exact) mass is 243 g/mol. The lowest BCUT2D eigenvalue weighted by molar-refractivity contribution is 0.475. The van der Waals surface area contributed by atoms with Crippen LogP contribution in [0.5, 0.6) is 5.75 Å². The number of hydrogen-bond donors (Lipinski definition) is 3. The van der Waals surface area contributed by atoms with Crippen molar-refractivity contribution in [1.29, 1.82) is 0 Å². The number of rotatable bonds is 1. The van der Waals surface area contributed by atoms with E-state index in [0.29, 0.717) is 17.0 Å². The van der Waals surface area contributed by atoms with Crippen molar-refractivity contribution < 1.29 is 5.11 Å². The summed E-state index contributed by atoms with van der Waals surface area (Å²) in [5, 5.41) is 9.23. The Morgan fingerprint density at radius 2 is 2.00 bits per heavy atom. The molecule has 0 unspecified atom stereocenters. The molecule has 0 aliphatic rings. The average molecular weight is 243 g/mol. The molecule has 7 heteroatoms. The number of phenolic OH excluding ortho intramolecular Hbond substituents is 1. The molecule has 7 nitrogen and oxygen atoms in total. The molecule has 0 aliphatic carbocycles. The number of aromatic hydroxyl groups is 1. The van der Waals surface area contributed by atoms with Gasteiger partial charge in [0.25, 0.3) is 0 Å². The smallest absolute Gasteiger partial charge is 0.333 e. The van der Waals surface area contributed by atoms with Crippen molar-refractivity contribution >= 4 is 17.1 Å². The second-order valence-corrected chi connectivity index (χ2v) is 3.75. The van der Waals surface area contributed by atoms with Crippen LogP contribution in [0.25, 0.3) is 17.0 Å². The minimum atomic E-state index is -0.360. The topological polar surface area (TPSA) is 110 Å². The highest BCUT2D eigenvalue weighted by molar-refractivity contribution is 5.69. The molecule has 0 spiro atoms. The van der Waals surface area contributed by atoms with E-state index in [-0.39, 0.29) is 17.3 Å². The fourth-order valence-electron chi connectivity index (χ4n) is 1.74. The number of aromatic amines is 1. The van der Waals surface area contributed by atoms with Gasteiger partial charge in [-0.3, -0.25) is 4.98 Å². The molecule has 3 aromatic rings. The molecule has 18 heavy (non-hydrogen) atoms. The highest BCUT2D eigenvalue weighted by atomic mass is 16.3. The summed E-state index contributed by atoms with van der Waals surface area (Å²) >= 11 is 0. The van der Waals surface area contributed by atoms with Gasteiger partial charge in [0.2, 0.25) is 0 Å². The number of benzene rings is 1. The molecule has 0 saturated heterocycles. The van der Waals surface area contributed by atoms with Gasteiger partial charge in [-0.1, -0.05) is 0 Å². The first-order chi connectivity index (χ1) is 8.65. The third-order valence-corrected chi connectivity index (χ3v) is 2.52. The van der Waals surface area contributed by atoms with Crippen molar-refractivity contribution in [2.45, 2.75) is 0 Å². The molecule has 0 amide bonds. The minimum absolute atomic E-state index is 0.127. The third kappa shape index (κ3) is 1.49. The van der Waals surface area contributed by atoms with Crippen molar-refractivity contribution in [3.05, 3.63) is 40.9 Å². The van der Waals surface area contributed by atoms with E-state index >= 15 is 0 Å². The fourth-order valence-corrected chi connectivity index (χ4v) is 1.74. The minimum Gasteiger partial charge on any atom is -0.508 e.